The van der Waals surface area contributed by atoms with Gasteiger partial charge < -0.3 is 15.2 Å². The van der Waals surface area contributed by atoms with Gasteiger partial charge in [-0.3, -0.25) is 0 Å². The van der Waals surface area contributed by atoms with Crippen molar-refractivity contribution in [3.8, 4) is 5.75 Å². The fraction of sp³-hybridized carbons (Fsp3) is 0.300. The first-order chi connectivity index (χ1) is 7.16. The summed E-state index contributed by atoms with van der Waals surface area (Å²) in [5, 5.41) is 12.3. The van der Waals surface area contributed by atoms with Crippen LogP contribution in [0.25, 0.3) is 0 Å². The van der Waals surface area contributed by atoms with Gasteiger partial charge in [0.2, 0.25) is 0 Å². The molecule has 2 rings (SSSR count). The lowest BCUT2D eigenvalue weighted by Crippen LogP contribution is -2.35. The smallest absolute Gasteiger partial charge is 0.407 e. The molecule has 0 aliphatic carbocycles. The van der Waals surface area contributed by atoms with Gasteiger partial charge in [-0.15, -0.1) is 12.4 Å². The molecule has 1 amide bonds. The molecular formula is C10H11BrClNO3. The zero-order valence-corrected chi connectivity index (χ0v) is 10.7. The summed E-state index contributed by atoms with van der Waals surface area (Å²) < 4.78 is 5.63. The Hall–Kier alpha value is -0.940. The summed E-state index contributed by atoms with van der Waals surface area (Å²) in [5.41, 5.74) is 0.709. The Balaban J connectivity index is 0.00000128. The number of rotatable bonds is 1. The van der Waals surface area contributed by atoms with Crippen molar-refractivity contribution in [2.24, 2.45) is 0 Å². The van der Waals surface area contributed by atoms with Crippen molar-refractivity contribution in [1.82, 2.24) is 5.32 Å². The number of phenols is 1. The summed E-state index contributed by atoms with van der Waals surface area (Å²) in [7, 11) is 0. The van der Waals surface area contributed by atoms with Crippen molar-refractivity contribution < 1.29 is 14.6 Å². The van der Waals surface area contributed by atoms with Crippen LogP contribution in [0.2, 0.25) is 0 Å². The lowest BCUT2D eigenvalue weighted by atomic mass is 10.0. The van der Waals surface area contributed by atoms with Crippen LogP contribution in [0.5, 0.6) is 5.75 Å². The maximum atomic E-state index is 11.0. The average molecular weight is 309 g/mol. The maximum Gasteiger partial charge on any atom is 0.407 e. The fourth-order valence-corrected chi connectivity index (χ4v) is 1.94. The van der Waals surface area contributed by atoms with E-state index in [9.17, 15) is 9.90 Å². The second-order valence-corrected chi connectivity index (χ2v) is 4.24. The number of benzene rings is 1. The first kappa shape index (κ1) is 13.1. The number of nitrogens with one attached hydrogen (secondary N) is 1. The van der Waals surface area contributed by atoms with Crippen LogP contribution < -0.4 is 5.32 Å². The van der Waals surface area contributed by atoms with Crippen LogP contribution in [0.3, 0.4) is 0 Å². The third-order valence-corrected chi connectivity index (χ3v) is 2.79. The van der Waals surface area contributed by atoms with Crippen molar-refractivity contribution in [1.29, 1.82) is 0 Å². The molecule has 0 aromatic heterocycles. The molecule has 6 heteroatoms. The predicted octanol–water partition coefficient (Wildman–Crippen LogP) is 2.75. The monoisotopic (exact) mass is 307 g/mol. The highest BCUT2D eigenvalue weighted by molar-refractivity contribution is 9.10. The van der Waals surface area contributed by atoms with Gasteiger partial charge in [-0.25, -0.2) is 4.79 Å². The Bertz CT molecular complexity index is 400. The largest absolute Gasteiger partial charge is 0.508 e. The molecule has 0 spiro atoms. The normalized spacial score (nSPS) is 19.3. The van der Waals surface area contributed by atoms with Crippen LogP contribution >= 0.6 is 28.3 Å². The van der Waals surface area contributed by atoms with Crippen LogP contribution in [-0.2, 0) is 4.74 Å². The van der Waals surface area contributed by atoms with Gasteiger partial charge in [0.05, 0.1) is 12.6 Å². The van der Waals surface area contributed by atoms with E-state index in [1.807, 2.05) is 0 Å². The molecule has 88 valence electrons. The molecule has 2 N–H and O–H groups in total. The summed E-state index contributed by atoms with van der Waals surface area (Å²) in [6, 6.07) is 4.97. The van der Waals surface area contributed by atoms with Crippen molar-refractivity contribution in [3.05, 3.63) is 28.2 Å². The molecular weight excluding hydrogens is 297 g/mol. The topological polar surface area (TPSA) is 58.6 Å². The van der Waals surface area contributed by atoms with Crippen molar-refractivity contribution in [3.63, 3.8) is 0 Å². The van der Waals surface area contributed by atoms with Gasteiger partial charge >= 0.3 is 6.09 Å². The Morgan fingerprint density at radius 2 is 2.25 bits per heavy atom. The molecule has 1 aliphatic heterocycles. The highest BCUT2D eigenvalue weighted by atomic mass is 79.9. The minimum atomic E-state index is -0.439. The number of halogens is 2. The van der Waals surface area contributed by atoms with Gasteiger partial charge in [-0.1, -0.05) is 15.9 Å². The van der Waals surface area contributed by atoms with Crippen LogP contribution in [0.4, 0.5) is 4.79 Å². The van der Waals surface area contributed by atoms with Gasteiger partial charge in [0, 0.05) is 16.5 Å². The highest BCUT2D eigenvalue weighted by Crippen LogP contribution is 2.30. The third kappa shape index (κ3) is 2.80. The summed E-state index contributed by atoms with van der Waals surface area (Å²) in [6.45, 7) is 0.377. The minimum Gasteiger partial charge on any atom is -0.508 e. The maximum absolute atomic E-state index is 11.0. The van der Waals surface area contributed by atoms with Crippen LogP contribution in [0, 0.1) is 0 Å². The molecule has 1 heterocycles. The van der Waals surface area contributed by atoms with E-state index in [0.29, 0.717) is 18.6 Å². The van der Waals surface area contributed by atoms with Gasteiger partial charge in [0.25, 0.3) is 0 Å². The van der Waals surface area contributed by atoms with Gasteiger partial charge in [0.1, 0.15) is 5.75 Å². The lowest BCUT2D eigenvalue weighted by molar-refractivity contribution is 0.115. The number of ether oxygens (including phenoxy) is 1. The number of cyclic esters (lactones) is 1. The van der Waals surface area contributed by atoms with E-state index in [1.165, 1.54) is 0 Å². The third-order valence-electron chi connectivity index (χ3n) is 2.30. The van der Waals surface area contributed by atoms with Crippen molar-refractivity contribution in [2.45, 2.75) is 12.5 Å². The molecule has 0 unspecified atom stereocenters. The summed E-state index contributed by atoms with van der Waals surface area (Å²) in [6.07, 6.45) is 0.223. The molecule has 1 aromatic rings. The Kier molecular flexibility index (Phi) is 4.44. The van der Waals surface area contributed by atoms with E-state index in [2.05, 4.69) is 21.2 Å². The number of carbonyl (C=O) groups is 1. The molecule has 1 saturated heterocycles. The molecule has 16 heavy (non-hydrogen) atoms. The van der Waals surface area contributed by atoms with E-state index in [-0.39, 0.29) is 24.2 Å². The Morgan fingerprint density at radius 3 is 2.94 bits per heavy atom. The van der Waals surface area contributed by atoms with E-state index in [0.717, 1.165) is 4.47 Å². The van der Waals surface area contributed by atoms with Crippen LogP contribution in [0.1, 0.15) is 18.0 Å². The highest BCUT2D eigenvalue weighted by Gasteiger charge is 2.23. The molecule has 0 radical (unpaired) electrons. The van der Waals surface area contributed by atoms with Gasteiger partial charge in [-0.05, 0) is 18.2 Å². The van der Waals surface area contributed by atoms with Gasteiger partial charge in [0.15, 0.2) is 0 Å². The van der Waals surface area contributed by atoms with E-state index >= 15 is 0 Å². The first-order valence-electron chi connectivity index (χ1n) is 4.58. The molecule has 1 aliphatic rings. The zero-order valence-electron chi connectivity index (χ0n) is 8.27. The van der Waals surface area contributed by atoms with Crippen molar-refractivity contribution in [2.75, 3.05) is 6.61 Å². The predicted molar refractivity (Wildman–Crippen MR) is 64.9 cm³/mol. The van der Waals surface area contributed by atoms with Crippen LogP contribution in [0.15, 0.2) is 22.7 Å². The molecule has 0 bridgehead atoms. The van der Waals surface area contributed by atoms with E-state index in [4.69, 9.17) is 4.74 Å². The molecule has 1 atom stereocenters. The summed E-state index contributed by atoms with van der Waals surface area (Å²) in [4.78, 5) is 11.0. The minimum absolute atomic E-state index is 0. The first-order valence-corrected chi connectivity index (χ1v) is 5.38. The number of hydrogen-bond donors (Lipinski definition) is 2. The van der Waals surface area contributed by atoms with Gasteiger partial charge in [-0.2, -0.15) is 0 Å². The zero-order chi connectivity index (χ0) is 10.8. The fourth-order valence-electron chi connectivity index (χ4n) is 1.56. The number of carbonyl (C=O) groups excluding carboxylic acids is 1. The summed E-state index contributed by atoms with van der Waals surface area (Å²) >= 11 is 3.32. The van der Waals surface area contributed by atoms with Crippen LogP contribution in [-0.4, -0.2) is 17.8 Å². The number of aromatic hydroxyl groups is 1. The SMILES string of the molecule is Cl.O=C1N[C@@H](c2cc(Br)ccc2O)CCO1. The van der Waals surface area contributed by atoms with E-state index < -0.39 is 6.09 Å². The second-order valence-electron chi connectivity index (χ2n) is 3.32. The Morgan fingerprint density at radius 1 is 1.50 bits per heavy atom. The molecule has 4 nitrogen and oxygen atoms in total. The molecule has 1 aromatic carbocycles. The van der Waals surface area contributed by atoms with Crippen molar-refractivity contribution >= 4 is 34.4 Å². The number of phenolic OH excluding ortho intramolecular Hbond substituents is 1. The van der Waals surface area contributed by atoms with E-state index in [1.54, 1.807) is 18.2 Å². The average Bonchev–Trinajstić information content (AvgIpc) is 2.22. The number of hydrogen-bond acceptors (Lipinski definition) is 3. The lowest BCUT2D eigenvalue weighted by Gasteiger charge is -2.24. The number of alkyl carbamates (subject to hydrolysis) is 1. The Labute approximate surface area is 108 Å². The quantitative estimate of drug-likeness (QED) is 0.838. The summed E-state index contributed by atoms with van der Waals surface area (Å²) in [5.74, 6) is 0.186. The standard InChI is InChI=1S/C10H10BrNO3.ClH/c11-6-1-2-9(13)7(5-6)8-3-4-15-10(14)12-8;/h1-2,5,8,13H,3-4H2,(H,12,14);1H/t8-;/m1./s1. The number of amides is 1. The molecule has 1 fully saturated rings. The molecule has 0 saturated carbocycles. The second kappa shape index (κ2) is 5.41.